The van der Waals surface area contributed by atoms with Crippen molar-refractivity contribution in [3.63, 3.8) is 0 Å². The summed E-state index contributed by atoms with van der Waals surface area (Å²) in [7, 11) is 0. The van der Waals surface area contributed by atoms with Gasteiger partial charge in [0.05, 0.1) is 22.2 Å². The van der Waals surface area contributed by atoms with Gasteiger partial charge < -0.3 is 9.63 Å². The fourth-order valence-corrected chi connectivity index (χ4v) is 2.57. The van der Waals surface area contributed by atoms with Gasteiger partial charge in [-0.05, 0) is 36.4 Å². The molecule has 22 heavy (non-hydrogen) atoms. The topological polar surface area (TPSA) is 46.3 Å². The van der Waals surface area contributed by atoms with Gasteiger partial charge in [-0.2, -0.15) is 0 Å². The summed E-state index contributed by atoms with van der Waals surface area (Å²) in [5.41, 5.74) is 2.09. The van der Waals surface area contributed by atoms with Gasteiger partial charge >= 0.3 is 0 Å². The molecule has 0 aliphatic carbocycles. The van der Waals surface area contributed by atoms with Crippen LogP contribution in [0.25, 0.3) is 22.6 Å². The standard InChI is InChI=1S/C16H10Cl2FNO2/c17-13-3-1-2-11(14(13)18)16-12(8-21)15(20-22-16)9-4-6-10(19)7-5-9/h1-7,21H,8H2. The van der Waals surface area contributed by atoms with Gasteiger partial charge in [0.2, 0.25) is 0 Å². The third kappa shape index (κ3) is 2.61. The number of aliphatic hydroxyl groups is 1. The number of benzene rings is 2. The molecule has 0 atom stereocenters. The largest absolute Gasteiger partial charge is 0.391 e. The van der Waals surface area contributed by atoms with Crippen LogP contribution in [0.5, 0.6) is 0 Å². The first-order valence-corrected chi connectivity index (χ1v) is 7.17. The van der Waals surface area contributed by atoms with Crippen LogP contribution in [0, 0.1) is 5.82 Å². The normalized spacial score (nSPS) is 10.9. The van der Waals surface area contributed by atoms with Crippen molar-refractivity contribution in [1.82, 2.24) is 5.16 Å². The van der Waals surface area contributed by atoms with Crippen molar-refractivity contribution in [3.05, 3.63) is 63.9 Å². The van der Waals surface area contributed by atoms with Crippen LogP contribution < -0.4 is 0 Å². The summed E-state index contributed by atoms with van der Waals surface area (Å²) in [6, 6.07) is 10.9. The van der Waals surface area contributed by atoms with Crippen LogP contribution in [0.4, 0.5) is 4.39 Å². The van der Waals surface area contributed by atoms with E-state index in [4.69, 9.17) is 27.7 Å². The highest BCUT2D eigenvalue weighted by Crippen LogP contribution is 2.38. The second-order valence-corrected chi connectivity index (χ2v) is 5.39. The van der Waals surface area contributed by atoms with Gasteiger partial charge in [0, 0.05) is 11.1 Å². The van der Waals surface area contributed by atoms with E-state index in [0.29, 0.717) is 38.2 Å². The molecule has 1 heterocycles. The summed E-state index contributed by atoms with van der Waals surface area (Å²) in [4.78, 5) is 0. The van der Waals surface area contributed by atoms with E-state index in [-0.39, 0.29) is 12.4 Å². The van der Waals surface area contributed by atoms with Crippen molar-refractivity contribution in [1.29, 1.82) is 0 Å². The number of rotatable bonds is 3. The molecule has 0 aliphatic heterocycles. The molecule has 0 unspecified atom stereocenters. The lowest BCUT2D eigenvalue weighted by atomic mass is 10.0. The fraction of sp³-hybridized carbons (Fsp3) is 0.0625. The van der Waals surface area contributed by atoms with Crippen molar-refractivity contribution in [2.75, 3.05) is 0 Å². The number of aromatic nitrogens is 1. The third-order valence-corrected chi connectivity index (χ3v) is 4.08. The number of halogens is 3. The lowest BCUT2D eigenvalue weighted by Crippen LogP contribution is -1.90. The Bertz CT molecular complexity index is 816. The van der Waals surface area contributed by atoms with Crippen LogP contribution in [-0.2, 0) is 6.61 Å². The predicted molar refractivity (Wildman–Crippen MR) is 83.3 cm³/mol. The van der Waals surface area contributed by atoms with Gasteiger partial charge in [-0.3, -0.25) is 0 Å². The molecule has 3 aromatic rings. The highest BCUT2D eigenvalue weighted by molar-refractivity contribution is 6.43. The molecule has 0 amide bonds. The molecular formula is C16H10Cl2FNO2. The minimum atomic E-state index is -0.351. The van der Waals surface area contributed by atoms with Crippen molar-refractivity contribution in [2.24, 2.45) is 0 Å². The molecule has 2 aromatic carbocycles. The van der Waals surface area contributed by atoms with E-state index in [1.54, 1.807) is 30.3 Å². The van der Waals surface area contributed by atoms with Crippen LogP contribution in [0.1, 0.15) is 5.56 Å². The lowest BCUT2D eigenvalue weighted by Gasteiger charge is -2.04. The van der Waals surface area contributed by atoms with Crippen LogP contribution >= 0.6 is 23.2 Å². The van der Waals surface area contributed by atoms with Gasteiger partial charge in [-0.25, -0.2) is 4.39 Å². The summed E-state index contributed by atoms with van der Waals surface area (Å²) < 4.78 is 18.4. The quantitative estimate of drug-likeness (QED) is 0.735. The molecule has 1 aromatic heterocycles. The molecule has 1 N–H and O–H groups in total. The van der Waals surface area contributed by atoms with E-state index < -0.39 is 0 Å². The van der Waals surface area contributed by atoms with Gasteiger partial charge in [0.15, 0.2) is 5.76 Å². The highest BCUT2D eigenvalue weighted by atomic mass is 35.5. The fourth-order valence-electron chi connectivity index (χ4n) is 2.18. The van der Waals surface area contributed by atoms with E-state index in [2.05, 4.69) is 5.16 Å². The smallest absolute Gasteiger partial charge is 0.174 e. The Morgan fingerprint density at radius 3 is 2.50 bits per heavy atom. The summed E-state index contributed by atoms with van der Waals surface area (Å²) in [6.07, 6.45) is 0. The minimum Gasteiger partial charge on any atom is -0.391 e. The van der Waals surface area contributed by atoms with E-state index in [1.807, 2.05) is 0 Å². The second kappa shape index (κ2) is 6.08. The highest BCUT2D eigenvalue weighted by Gasteiger charge is 2.21. The zero-order chi connectivity index (χ0) is 15.7. The molecule has 0 bridgehead atoms. The maximum Gasteiger partial charge on any atom is 0.174 e. The van der Waals surface area contributed by atoms with E-state index in [1.165, 1.54) is 12.1 Å². The molecule has 112 valence electrons. The maximum atomic E-state index is 13.0. The molecule has 0 saturated heterocycles. The average molecular weight is 338 g/mol. The van der Waals surface area contributed by atoms with Crippen LogP contribution in [0.3, 0.4) is 0 Å². The van der Waals surface area contributed by atoms with Crippen LogP contribution in [0.2, 0.25) is 10.0 Å². The first kappa shape index (κ1) is 15.0. The second-order valence-electron chi connectivity index (χ2n) is 4.61. The first-order valence-electron chi connectivity index (χ1n) is 6.41. The Labute approximate surface area is 135 Å². The molecule has 0 spiro atoms. The summed E-state index contributed by atoms with van der Waals surface area (Å²) >= 11 is 12.2. The van der Waals surface area contributed by atoms with Crippen molar-refractivity contribution >= 4 is 23.2 Å². The maximum absolute atomic E-state index is 13.0. The molecular weight excluding hydrogens is 328 g/mol. The first-order chi connectivity index (χ1) is 10.6. The average Bonchev–Trinajstić information content (AvgIpc) is 2.94. The van der Waals surface area contributed by atoms with Crippen LogP contribution in [0.15, 0.2) is 47.0 Å². The molecule has 0 radical (unpaired) electrons. The molecule has 3 nitrogen and oxygen atoms in total. The molecule has 6 heteroatoms. The van der Waals surface area contributed by atoms with Gasteiger partial charge in [-0.1, -0.05) is 34.4 Å². The molecule has 0 aliphatic rings. The van der Waals surface area contributed by atoms with Crippen LogP contribution in [-0.4, -0.2) is 10.3 Å². The Hall–Kier alpha value is -1.88. The zero-order valence-corrected chi connectivity index (χ0v) is 12.7. The predicted octanol–water partition coefficient (Wildman–Crippen LogP) is 4.95. The number of hydrogen-bond acceptors (Lipinski definition) is 3. The number of nitrogens with zero attached hydrogens (tertiary/aromatic N) is 1. The van der Waals surface area contributed by atoms with Gasteiger partial charge in [-0.15, -0.1) is 0 Å². The van der Waals surface area contributed by atoms with Gasteiger partial charge in [0.1, 0.15) is 11.5 Å². The van der Waals surface area contributed by atoms with E-state index in [0.717, 1.165) is 0 Å². The Balaban J connectivity index is 2.15. The molecule has 0 saturated carbocycles. The monoisotopic (exact) mass is 337 g/mol. The minimum absolute atomic E-state index is 0.297. The Morgan fingerprint density at radius 1 is 1.09 bits per heavy atom. The van der Waals surface area contributed by atoms with Crippen molar-refractivity contribution in [2.45, 2.75) is 6.61 Å². The van der Waals surface area contributed by atoms with Gasteiger partial charge in [0.25, 0.3) is 0 Å². The lowest BCUT2D eigenvalue weighted by molar-refractivity contribution is 0.281. The number of hydrogen-bond donors (Lipinski definition) is 1. The molecule has 0 fully saturated rings. The molecule has 3 rings (SSSR count). The van der Waals surface area contributed by atoms with E-state index in [9.17, 15) is 9.50 Å². The summed E-state index contributed by atoms with van der Waals surface area (Å²) in [6.45, 7) is -0.297. The Morgan fingerprint density at radius 2 is 1.82 bits per heavy atom. The van der Waals surface area contributed by atoms with Crippen molar-refractivity contribution in [3.8, 4) is 22.6 Å². The summed E-state index contributed by atoms with van der Waals surface area (Å²) in [5.74, 6) is -0.00905. The third-order valence-electron chi connectivity index (χ3n) is 3.26. The Kier molecular flexibility index (Phi) is 4.16. The van der Waals surface area contributed by atoms with E-state index >= 15 is 0 Å². The SMILES string of the molecule is OCc1c(-c2ccc(F)cc2)noc1-c1cccc(Cl)c1Cl. The number of aliphatic hydroxyl groups excluding tert-OH is 1. The summed E-state index contributed by atoms with van der Waals surface area (Å²) in [5, 5.41) is 14.3. The zero-order valence-electron chi connectivity index (χ0n) is 11.2. The van der Waals surface area contributed by atoms with Crippen molar-refractivity contribution < 1.29 is 14.0 Å².